The number of carbonyl (C=O) groups is 2. The van der Waals surface area contributed by atoms with Crippen LogP contribution < -0.4 is 0 Å². The summed E-state index contributed by atoms with van der Waals surface area (Å²) in [7, 11) is 0. The van der Waals surface area contributed by atoms with E-state index in [4.69, 9.17) is 0 Å². The maximum absolute atomic E-state index is 13.6. The molecule has 0 spiro atoms. The first-order chi connectivity index (χ1) is 15.9. The SMILES string of the molecule is CC1(C)c2[nH]c3ccccc3c2CC2C(=O)N(N=Cc3cccc4ccccc34)CC(=O)N21. The molecule has 1 fully saturated rings. The smallest absolute Gasteiger partial charge is 0.266 e. The highest BCUT2D eigenvalue weighted by Gasteiger charge is 2.51. The summed E-state index contributed by atoms with van der Waals surface area (Å²) in [6.07, 6.45) is 2.17. The summed E-state index contributed by atoms with van der Waals surface area (Å²) < 4.78 is 0. The Hall–Kier alpha value is -3.93. The molecule has 2 amide bonds. The van der Waals surface area contributed by atoms with E-state index in [9.17, 15) is 9.59 Å². The molecule has 0 aliphatic carbocycles. The average Bonchev–Trinajstić information content (AvgIpc) is 3.20. The number of aromatic nitrogens is 1. The molecular weight excluding hydrogens is 412 g/mol. The fraction of sp³-hybridized carbons (Fsp3) is 0.222. The van der Waals surface area contributed by atoms with E-state index in [1.165, 1.54) is 5.01 Å². The summed E-state index contributed by atoms with van der Waals surface area (Å²) in [5.74, 6) is -0.237. The highest BCUT2D eigenvalue weighted by molar-refractivity contribution is 6.01. The molecule has 33 heavy (non-hydrogen) atoms. The van der Waals surface area contributed by atoms with E-state index in [1.54, 1.807) is 11.1 Å². The quantitative estimate of drug-likeness (QED) is 0.479. The molecule has 2 aliphatic rings. The van der Waals surface area contributed by atoms with Gasteiger partial charge in [-0.3, -0.25) is 9.59 Å². The zero-order chi connectivity index (χ0) is 22.7. The molecule has 1 atom stereocenters. The van der Waals surface area contributed by atoms with Crippen LogP contribution in [0.2, 0.25) is 0 Å². The van der Waals surface area contributed by atoms with Gasteiger partial charge < -0.3 is 9.88 Å². The van der Waals surface area contributed by atoms with Gasteiger partial charge in [-0.05, 0) is 36.2 Å². The third-order valence-corrected chi connectivity index (χ3v) is 6.99. The van der Waals surface area contributed by atoms with E-state index in [2.05, 4.69) is 16.2 Å². The summed E-state index contributed by atoms with van der Waals surface area (Å²) in [5.41, 5.74) is 3.45. The minimum Gasteiger partial charge on any atom is -0.356 e. The average molecular weight is 437 g/mol. The highest BCUT2D eigenvalue weighted by Crippen LogP contribution is 2.42. The van der Waals surface area contributed by atoms with E-state index >= 15 is 0 Å². The third kappa shape index (κ3) is 2.90. The van der Waals surface area contributed by atoms with Crippen molar-refractivity contribution in [2.24, 2.45) is 5.10 Å². The van der Waals surface area contributed by atoms with Crippen molar-refractivity contribution in [3.63, 3.8) is 0 Å². The first-order valence-corrected chi connectivity index (χ1v) is 11.2. The van der Waals surface area contributed by atoms with Crippen LogP contribution in [-0.4, -0.2) is 45.5 Å². The molecule has 3 aromatic carbocycles. The van der Waals surface area contributed by atoms with Crippen molar-refractivity contribution in [1.82, 2.24) is 14.9 Å². The Kier molecular flexibility index (Phi) is 4.21. The van der Waals surface area contributed by atoms with Crippen LogP contribution in [0, 0.1) is 0 Å². The third-order valence-electron chi connectivity index (χ3n) is 6.99. The van der Waals surface area contributed by atoms with Crippen LogP contribution in [0.15, 0.2) is 71.8 Å². The molecule has 4 aromatic rings. The largest absolute Gasteiger partial charge is 0.356 e. The molecule has 0 saturated carbocycles. The van der Waals surface area contributed by atoms with Crippen molar-refractivity contribution in [1.29, 1.82) is 0 Å². The molecule has 1 saturated heterocycles. The van der Waals surface area contributed by atoms with Gasteiger partial charge in [-0.2, -0.15) is 5.10 Å². The summed E-state index contributed by atoms with van der Waals surface area (Å²) >= 11 is 0. The lowest BCUT2D eigenvalue weighted by atomic mass is 9.82. The Morgan fingerprint density at radius 1 is 0.970 bits per heavy atom. The van der Waals surface area contributed by atoms with E-state index in [1.807, 2.05) is 74.5 Å². The predicted molar refractivity (Wildman–Crippen MR) is 129 cm³/mol. The highest BCUT2D eigenvalue weighted by atomic mass is 16.2. The van der Waals surface area contributed by atoms with E-state index in [-0.39, 0.29) is 18.4 Å². The molecule has 6 nitrogen and oxygen atoms in total. The van der Waals surface area contributed by atoms with Crippen molar-refractivity contribution >= 4 is 39.7 Å². The van der Waals surface area contributed by atoms with E-state index in [0.717, 1.165) is 38.5 Å². The molecule has 1 N–H and O–H groups in total. The topological polar surface area (TPSA) is 68.8 Å². The molecule has 1 aromatic heterocycles. The van der Waals surface area contributed by atoms with Crippen LogP contribution in [0.1, 0.15) is 30.7 Å². The first-order valence-electron chi connectivity index (χ1n) is 11.2. The standard InChI is InChI=1S/C27H24N4O2/c1-27(2)25-21(20-12-5-6-13-22(20)29-25)14-23-26(33)30(16-24(32)31(23)27)28-15-18-10-7-9-17-8-3-4-11-19(17)18/h3-13,15,23,29H,14,16H2,1-2H3. The number of nitrogens with zero attached hydrogens (tertiary/aromatic N) is 3. The zero-order valence-electron chi connectivity index (χ0n) is 18.6. The number of H-pyrrole nitrogens is 1. The predicted octanol–water partition coefficient (Wildman–Crippen LogP) is 4.19. The second kappa shape index (κ2) is 7.04. The van der Waals surface area contributed by atoms with Crippen molar-refractivity contribution < 1.29 is 9.59 Å². The number of hydrazone groups is 1. The lowest BCUT2D eigenvalue weighted by Gasteiger charge is -2.50. The first kappa shape index (κ1) is 19.7. The molecule has 1 unspecified atom stereocenters. The number of fused-ring (bicyclic) bond motifs is 5. The maximum atomic E-state index is 13.6. The zero-order valence-corrected chi connectivity index (χ0v) is 18.6. The summed E-state index contributed by atoms with van der Waals surface area (Å²) in [6, 6.07) is 21.6. The van der Waals surface area contributed by atoms with Gasteiger partial charge in [0, 0.05) is 28.6 Å². The van der Waals surface area contributed by atoms with Crippen LogP contribution in [0.3, 0.4) is 0 Å². The molecule has 6 rings (SSSR count). The molecular formula is C27H24N4O2. The number of hydrogen-bond donors (Lipinski definition) is 1. The summed E-state index contributed by atoms with van der Waals surface area (Å²) in [5, 5.41) is 9.09. The molecule has 0 bridgehead atoms. The lowest BCUT2D eigenvalue weighted by molar-refractivity contribution is -0.163. The van der Waals surface area contributed by atoms with Gasteiger partial charge in [0.2, 0.25) is 5.91 Å². The number of para-hydroxylation sites is 1. The maximum Gasteiger partial charge on any atom is 0.266 e. The van der Waals surface area contributed by atoms with Crippen molar-refractivity contribution in [2.45, 2.75) is 31.8 Å². The molecule has 6 heteroatoms. The Balaban J connectivity index is 1.38. The van der Waals surface area contributed by atoms with Crippen LogP contribution in [0.25, 0.3) is 21.7 Å². The Labute approximate surface area is 191 Å². The fourth-order valence-corrected chi connectivity index (χ4v) is 5.46. The second-order valence-electron chi connectivity index (χ2n) is 9.28. The van der Waals surface area contributed by atoms with Gasteiger partial charge in [0.15, 0.2) is 0 Å². The number of carbonyl (C=O) groups excluding carboxylic acids is 2. The molecule has 2 aliphatic heterocycles. The number of piperazine rings is 1. The van der Waals surface area contributed by atoms with Crippen molar-refractivity contribution in [3.8, 4) is 0 Å². The fourth-order valence-electron chi connectivity index (χ4n) is 5.46. The number of benzene rings is 3. The van der Waals surface area contributed by atoms with Crippen molar-refractivity contribution in [2.75, 3.05) is 6.54 Å². The van der Waals surface area contributed by atoms with Gasteiger partial charge in [-0.25, -0.2) is 5.01 Å². The second-order valence-corrected chi connectivity index (χ2v) is 9.28. The number of amides is 2. The number of hydrogen-bond acceptors (Lipinski definition) is 3. The Bertz CT molecular complexity index is 1460. The molecule has 0 radical (unpaired) electrons. The minimum absolute atomic E-state index is 0.0599. The van der Waals surface area contributed by atoms with Gasteiger partial charge in [-0.15, -0.1) is 0 Å². The molecule has 164 valence electrons. The van der Waals surface area contributed by atoms with Crippen LogP contribution in [-0.2, 0) is 21.5 Å². The summed E-state index contributed by atoms with van der Waals surface area (Å²) in [6.45, 7) is 3.96. The van der Waals surface area contributed by atoms with Crippen LogP contribution >= 0.6 is 0 Å². The van der Waals surface area contributed by atoms with Gasteiger partial charge in [-0.1, -0.05) is 60.7 Å². The normalized spacial score (nSPS) is 20.0. The van der Waals surface area contributed by atoms with E-state index in [0.29, 0.717) is 6.42 Å². The number of nitrogens with one attached hydrogen (secondary N) is 1. The van der Waals surface area contributed by atoms with Crippen molar-refractivity contribution in [3.05, 3.63) is 83.6 Å². The van der Waals surface area contributed by atoms with Gasteiger partial charge in [0.25, 0.3) is 5.91 Å². The minimum atomic E-state index is -0.616. The van der Waals surface area contributed by atoms with E-state index < -0.39 is 11.6 Å². The van der Waals surface area contributed by atoms with Crippen LogP contribution in [0.4, 0.5) is 0 Å². The lowest BCUT2D eigenvalue weighted by Crippen LogP contribution is -2.66. The van der Waals surface area contributed by atoms with Crippen LogP contribution in [0.5, 0.6) is 0 Å². The summed E-state index contributed by atoms with van der Waals surface area (Å²) in [4.78, 5) is 32.1. The number of rotatable bonds is 2. The van der Waals surface area contributed by atoms with Gasteiger partial charge in [0.05, 0.1) is 11.8 Å². The Morgan fingerprint density at radius 3 is 2.55 bits per heavy atom. The monoisotopic (exact) mass is 436 g/mol. The van der Waals surface area contributed by atoms with Gasteiger partial charge >= 0.3 is 0 Å². The molecule has 3 heterocycles. The van der Waals surface area contributed by atoms with Gasteiger partial charge in [0.1, 0.15) is 12.6 Å². The Morgan fingerprint density at radius 2 is 1.70 bits per heavy atom. The number of aromatic amines is 1.